The lowest BCUT2D eigenvalue weighted by atomic mass is 9.95. The van der Waals surface area contributed by atoms with E-state index in [0.717, 1.165) is 0 Å². The smallest absolute Gasteiger partial charge is 0.293 e. The summed E-state index contributed by atoms with van der Waals surface area (Å²) in [6.45, 7) is 2.66. The van der Waals surface area contributed by atoms with Crippen LogP contribution in [0.4, 0.5) is 0 Å². The number of halogens is 1. The van der Waals surface area contributed by atoms with Crippen molar-refractivity contribution in [2.75, 3.05) is 6.61 Å². The van der Waals surface area contributed by atoms with Crippen molar-refractivity contribution in [2.45, 2.75) is 32.2 Å². The first kappa shape index (κ1) is 13.3. The fourth-order valence-corrected chi connectivity index (χ4v) is 0.508. The van der Waals surface area contributed by atoms with Crippen LogP contribution in [-0.4, -0.2) is 19.1 Å². The van der Waals surface area contributed by atoms with E-state index in [4.69, 9.17) is 5.73 Å². The minimum absolute atomic E-state index is 0. The SMILES string of the molecule is CCOC=O.Cl.NC1CCC1. The molecule has 0 bridgehead atoms. The third-order valence-corrected chi connectivity index (χ3v) is 1.38. The Morgan fingerprint density at radius 1 is 1.64 bits per heavy atom. The normalized spacial score (nSPS) is 14.7. The van der Waals surface area contributed by atoms with Gasteiger partial charge in [0.2, 0.25) is 0 Å². The Morgan fingerprint density at radius 2 is 2.09 bits per heavy atom. The molecule has 1 aliphatic rings. The van der Waals surface area contributed by atoms with Gasteiger partial charge in [-0.05, 0) is 19.8 Å². The molecule has 4 heteroatoms. The van der Waals surface area contributed by atoms with Gasteiger partial charge in [-0.25, -0.2) is 0 Å². The van der Waals surface area contributed by atoms with Gasteiger partial charge in [0.15, 0.2) is 0 Å². The molecular weight excluding hydrogens is 166 g/mol. The molecule has 0 aromatic rings. The van der Waals surface area contributed by atoms with E-state index >= 15 is 0 Å². The summed E-state index contributed by atoms with van der Waals surface area (Å²) in [4.78, 5) is 9.18. The van der Waals surface area contributed by atoms with Crippen molar-refractivity contribution in [1.29, 1.82) is 0 Å². The fraction of sp³-hybridized carbons (Fsp3) is 0.857. The standard InChI is InChI=1S/C4H9N.C3H6O2.ClH/c5-4-2-1-3-4;1-2-5-3-4;/h4H,1-3,5H2;3H,2H2,1H3;1H. The van der Waals surface area contributed by atoms with Crippen LogP contribution in [0.2, 0.25) is 0 Å². The summed E-state index contributed by atoms with van der Waals surface area (Å²) >= 11 is 0. The molecule has 1 saturated carbocycles. The summed E-state index contributed by atoms with van der Waals surface area (Å²) in [6, 6.07) is 0.565. The molecule has 1 fully saturated rings. The second-order valence-corrected chi connectivity index (χ2v) is 2.24. The van der Waals surface area contributed by atoms with Gasteiger partial charge in [-0.2, -0.15) is 0 Å². The Hall–Kier alpha value is -0.280. The van der Waals surface area contributed by atoms with Crippen molar-refractivity contribution < 1.29 is 9.53 Å². The van der Waals surface area contributed by atoms with Crippen LogP contribution in [0.5, 0.6) is 0 Å². The fourth-order valence-electron chi connectivity index (χ4n) is 0.508. The van der Waals surface area contributed by atoms with E-state index in [2.05, 4.69) is 4.74 Å². The molecule has 0 spiro atoms. The molecule has 1 rings (SSSR count). The Bertz CT molecular complexity index is 86.5. The highest BCUT2D eigenvalue weighted by Gasteiger charge is 2.09. The lowest BCUT2D eigenvalue weighted by Crippen LogP contribution is -2.27. The summed E-state index contributed by atoms with van der Waals surface area (Å²) < 4.78 is 4.15. The summed E-state index contributed by atoms with van der Waals surface area (Å²) in [5, 5.41) is 0. The van der Waals surface area contributed by atoms with Crippen LogP contribution < -0.4 is 5.73 Å². The van der Waals surface area contributed by atoms with Gasteiger partial charge in [-0.3, -0.25) is 4.79 Å². The van der Waals surface area contributed by atoms with Gasteiger partial charge in [0, 0.05) is 6.04 Å². The van der Waals surface area contributed by atoms with Gasteiger partial charge in [0.05, 0.1) is 6.61 Å². The van der Waals surface area contributed by atoms with Crippen LogP contribution in [0.3, 0.4) is 0 Å². The molecular formula is C7H16ClNO2. The van der Waals surface area contributed by atoms with Crippen molar-refractivity contribution in [3.8, 4) is 0 Å². The van der Waals surface area contributed by atoms with Gasteiger partial charge in [-0.15, -0.1) is 12.4 Å². The minimum Gasteiger partial charge on any atom is -0.468 e. The van der Waals surface area contributed by atoms with Crippen LogP contribution in [-0.2, 0) is 9.53 Å². The molecule has 0 unspecified atom stereocenters. The Balaban J connectivity index is 0. The lowest BCUT2D eigenvalue weighted by Gasteiger charge is -2.18. The Kier molecular flexibility index (Phi) is 11.8. The molecule has 0 aromatic heterocycles. The molecule has 68 valence electrons. The zero-order chi connectivity index (χ0) is 7.82. The van der Waals surface area contributed by atoms with Crippen molar-refractivity contribution in [2.24, 2.45) is 5.73 Å². The van der Waals surface area contributed by atoms with E-state index in [1.165, 1.54) is 19.3 Å². The van der Waals surface area contributed by atoms with Crippen molar-refractivity contribution in [3.63, 3.8) is 0 Å². The number of carbonyl (C=O) groups excluding carboxylic acids is 1. The monoisotopic (exact) mass is 181 g/mol. The molecule has 2 N–H and O–H groups in total. The predicted octanol–water partition coefficient (Wildman–Crippen LogP) is 1.10. The summed E-state index contributed by atoms with van der Waals surface area (Å²) in [5.74, 6) is 0. The maximum absolute atomic E-state index is 9.18. The largest absolute Gasteiger partial charge is 0.468 e. The molecule has 3 nitrogen and oxygen atoms in total. The maximum atomic E-state index is 9.18. The van der Waals surface area contributed by atoms with E-state index in [1.54, 1.807) is 6.92 Å². The van der Waals surface area contributed by atoms with Crippen LogP contribution in [0.1, 0.15) is 26.2 Å². The molecule has 0 heterocycles. The highest BCUT2D eigenvalue weighted by Crippen LogP contribution is 2.14. The number of rotatable bonds is 2. The van der Waals surface area contributed by atoms with Crippen LogP contribution >= 0.6 is 12.4 Å². The van der Waals surface area contributed by atoms with E-state index in [0.29, 0.717) is 19.1 Å². The zero-order valence-electron chi connectivity index (χ0n) is 6.79. The average Bonchev–Trinajstić information content (AvgIpc) is 1.87. The molecule has 0 aliphatic heterocycles. The van der Waals surface area contributed by atoms with Crippen LogP contribution in [0, 0.1) is 0 Å². The summed E-state index contributed by atoms with van der Waals surface area (Å²) in [6.07, 6.45) is 3.89. The Labute approximate surface area is 73.7 Å². The summed E-state index contributed by atoms with van der Waals surface area (Å²) in [7, 11) is 0. The van der Waals surface area contributed by atoms with E-state index in [-0.39, 0.29) is 12.4 Å². The highest BCUT2D eigenvalue weighted by molar-refractivity contribution is 5.85. The first-order chi connectivity index (χ1) is 4.81. The van der Waals surface area contributed by atoms with Gasteiger partial charge >= 0.3 is 0 Å². The van der Waals surface area contributed by atoms with E-state index < -0.39 is 0 Å². The third-order valence-electron chi connectivity index (χ3n) is 1.38. The van der Waals surface area contributed by atoms with Gasteiger partial charge < -0.3 is 10.5 Å². The quantitative estimate of drug-likeness (QED) is 0.650. The zero-order valence-corrected chi connectivity index (χ0v) is 7.60. The van der Waals surface area contributed by atoms with Crippen LogP contribution in [0.25, 0.3) is 0 Å². The van der Waals surface area contributed by atoms with Crippen LogP contribution in [0.15, 0.2) is 0 Å². The van der Waals surface area contributed by atoms with E-state index in [9.17, 15) is 4.79 Å². The van der Waals surface area contributed by atoms with E-state index in [1.807, 2.05) is 0 Å². The summed E-state index contributed by atoms with van der Waals surface area (Å²) in [5.41, 5.74) is 5.38. The molecule has 0 radical (unpaired) electrons. The molecule has 0 aromatic carbocycles. The topological polar surface area (TPSA) is 52.3 Å². The molecule has 0 saturated heterocycles. The average molecular weight is 182 g/mol. The second-order valence-electron chi connectivity index (χ2n) is 2.24. The molecule has 0 amide bonds. The van der Waals surface area contributed by atoms with Gasteiger partial charge in [0.1, 0.15) is 0 Å². The molecule has 0 atom stereocenters. The van der Waals surface area contributed by atoms with Crippen molar-refractivity contribution >= 4 is 18.9 Å². The first-order valence-corrected chi connectivity index (χ1v) is 3.62. The predicted molar refractivity (Wildman–Crippen MR) is 46.8 cm³/mol. The number of carbonyl (C=O) groups is 1. The Morgan fingerprint density at radius 3 is 2.09 bits per heavy atom. The number of hydrogen-bond donors (Lipinski definition) is 1. The number of nitrogens with two attached hydrogens (primary N) is 1. The lowest BCUT2D eigenvalue weighted by molar-refractivity contribution is -0.128. The number of hydrogen-bond acceptors (Lipinski definition) is 3. The van der Waals surface area contributed by atoms with Crippen molar-refractivity contribution in [3.05, 3.63) is 0 Å². The second kappa shape index (κ2) is 9.72. The highest BCUT2D eigenvalue weighted by atomic mass is 35.5. The third kappa shape index (κ3) is 9.72. The first-order valence-electron chi connectivity index (χ1n) is 3.62. The molecule has 11 heavy (non-hydrogen) atoms. The van der Waals surface area contributed by atoms with Gasteiger partial charge in [0.25, 0.3) is 6.47 Å². The van der Waals surface area contributed by atoms with Gasteiger partial charge in [-0.1, -0.05) is 6.42 Å². The number of ether oxygens (including phenoxy) is 1. The molecule has 1 aliphatic carbocycles. The minimum atomic E-state index is 0. The van der Waals surface area contributed by atoms with Crippen molar-refractivity contribution in [1.82, 2.24) is 0 Å². The maximum Gasteiger partial charge on any atom is 0.293 e.